The molecule has 3 aromatic carbocycles. The number of aryl methyl sites for hydroxylation is 1. The van der Waals surface area contributed by atoms with Crippen molar-refractivity contribution in [1.29, 1.82) is 5.26 Å². The number of benzene rings is 3. The van der Waals surface area contributed by atoms with Gasteiger partial charge in [-0.05, 0) is 62.6 Å². The molecule has 6 heterocycles. The van der Waals surface area contributed by atoms with Crippen molar-refractivity contribution < 1.29 is 48.2 Å². The first-order valence-electron chi connectivity index (χ1n) is 17.9. The fraction of sp³-hybridized carbons (Fsp3) is 0.462. The van der Waals surface area contributed by atoms with E-state index in [1.807, 2.05) is 27.0 Å². The minimum atomic E-state index is -1.55. The zero-order valence-electron chi connectivity index (χ0n) is 30.6. The first-order chi connectivity index (χ1) is 25.9. The Bertz CT molecular complexity index is 2210. The smallest absolute Gasteiger partial charge is 0.341 e. The number of hydrogen-bond acceptors (Lipinski definition) is 15. The van der Waals surface area contributed by atoms with Gasteiger partial charge in [0.15, 0.2) is 39.4 Å². The molecule has 6 aliphatic heterocycles. The van der Waals surface area contributed by atoms with Crippen LogP contribution in [0.5, 0.6) is 40.2 Å². The lowest BCUT2D eigenvalue weighted by Gasteiger charge is -2.61. The number of thioether (sulfide) groups is 1. The maximum atomic E-state index is 14.9. The van der Waals surface area contributed by atoms with Gasteiger partial charge in [-0.2, -0.15) is 5.26 Å². The quantitative estimate of drug-likeness (QED) is 0.259. The summed E-state index contributed by atoms with van der Waals surface area (Å²) >= 11 is 1.29. The zero-order valence-corrected chi connectivity index (χ0v) is 31.5. The molecule has 1 saturated heterocycles. The molecule has 1 spiro atoms. The van der Waals surface area contributed by atoms with Gasteiger partial charge in [-0.25, -0.2) is 4.79 Å². The molecule has 0 radical (unpaired) electrons. The van der Waals surface area contributed by atoms with Crippen molar-refractivity contribution in [3.63, 3.8) is 0 Å². The van der Waals surface area contributed by atoms with E-state index < -0.39 is 46.2 Å². The van der Waals surface area contributed by atoms with Gasteiger partial charge in [0, 0.05) is 53.4 Å². The summed E-state index contributed by atoms with van der Waals surface area (Å²) in [5.74, 6) is 0.565. The maximum Gasteiger partial charge on any atom is 0.341 e. The van der Waals surface area contributed by atoms with Crippen molar-refractivity contribution in [2.75, 3.05) is 41.2 Å². The molecule has 4 bridgehead atoms. The molecule has 9 rings (SSSR count). The molecule has 15 heteroatoms. The van der Waals surface area contributed by atoms with Crippen LogP contribution in [0.15, 0.2) is 18.2 Å². The number of ether oxygens (including phenoxy) is 6. The SMILES string of the molecule is COc1cc2c(cc1O)CCN[C@]21S[C@@H]2c3c(OC(C)=O)c(C)c4c(c3[C@H](COC1=O)N1[C@@H]2[C@@H]2c3c(cc(C)c(OC)c3O)C[C@@H]([C@@H]1C#N)N2C)OCO4. The standard InChI is InChI=1S/C39H40N4O10S/c1-16-9-20-10-22-23(13-40)43-24-14-50-38(47)39(21-12-26(48-5)25(45)11-19(21)7-8-41-39)54-37(31(43)30(42(22)4)27(20)32(46)33(16)49-6)29-28(24)36-35(51-15-52-36)17(2)34(29)53-18(3)44/h9,11-12,22-24,30-31,37,41,45-46H,7-8,10,14-15H2,1-6H3/t22-,23-,24-,30-,31+,37+,39-/m0/s1. The summed E-state index contributed by atoms with van der Waals surface area (Å²) in [6.45, 7) is 5.16. The highest BCUT2D eigenvalue weighted by molar-refractivity contribution is 8.01. The number of nitrogens with one attached hydrogen (secondary N) is 1. The third-order valence-electron chi connectivity index (χ3n) is 12.1. The molecule has 0 aliphatic carbocycles. The van der Waals surface area contributed by atoms with Crippen LogP contribution in [0.4, 0.5) is 0 Å². The van der Waals surface area contributed by atoms with Gasteiger partial charge in [0.2, 0.25) is 6.79 Å². The van der Waals surface area contributed by atoms with E-state index in [1.54, 1.807) is 12.1 Å². The molecule has 0 aromatic heterocycles. The minimum Gasteiger partial charge on any atom is -0.504 e. The van der Waals surface area contributed by atoms with Crippen molar-refractivity contribution in [2.24, 2.45) is 0 Å². The average molecular weight is 757 g/mol. The minimum absolute atomic E-state index is 0.0181. The topological polar surface area (TPSA) is 172 Å². The van der Waals surface area contributed by atoms with Crippen LogP contribution in [0.1, 0.15) is 68.8 Å². The van der Waals surface area contributed by atoms with Gasteiger partial charge in [-0.1, -0.05) is 6.07 Å². The summed E-state index contributed by atoms with van der Waals surface area (Å²) < 4.78 is 36.1. The number of hydrogen-bond donors (Lipinski definition) is 3. The number of methoxy groups -OCH3 is 2. The Kier molecular flexibility index (Phi) is 7.95. The van der Waals surface area contributed by atoms with Crippen molar-refractivity contribution in [3.8, 4) is 46.3 Å². The summed E-state index contributed by atoms with van der Waals surface area (Å²) in [5.41, 5.74) is 5.45. The van der Waals surface area contributed by atoms with Gasteiger partial charge >= 0.3 is 11.9 Å². The fourth-order valence-electron chi connectivity index (χ4n) is 9.94. The molecule has 6 aliphatic rings. The third-order valence-corrected chi connectivity index (χ3v) is 13.7. The Balaban J connectivity index is 1.39. The van der Waals surface area contributed by atoms with Crippen molar-refractivity contribution >= 4 is 23.7 Å². The van der Waals surface area contributed by atoms with Crippen LogP contribution in [0.25, 0.3) is 0 Å². The summed E-state index contributed by atoms with van der Waals surface area (Å²) in [5, 5.41) is 36.8. The van der Waals surface area contributed by atoms with E-state index in [0.29, 0.717) is 64.5 Å². The second-order valence-corrected chi connectivity index (χ2v) is 16.0. The summed E-state index contributed by atoms with van der Waals surface area (Å²) in [7, 11) is 4.94. The molecular formula is C39H40N4O10S. The Morgan fingerprint density at radius 2 is 1.83 bits per heavy atom. The lowest BCUT2D eigenvalue weighted by atomic mass is 9.71. The van der Waals surface area contributed by atoms with Gasteiger partial charge in [-0.3, -0.25) is 19.9 Å². The molecule has 0 saturated carbocycles. The molecule has 54 heavy (non-hydrogen) atoms. The molecule has 282 valence electrons. The number of piperazine rings is 1. The number of carbonyl (C=O) groups excluding carboxylic acids is 2. The summed E-state index contributed by atoms with van der Waals surface area (Å²) in [6.07, 6.45) is 0.994. The monoisotopic (exact) mass is 756 g/mol. The molecule has 0 unspecified atom stereocenters. The van der Waals surface area contributed by atoms with E-state index in [2.05, 4.69) is 21.2 Å². The maximum absolute atomic E-state index is 14.9. The lowest BCUT2D eigenvalue weighted by molar-refractivity contribution is -0.152. The number of carbonyl (C=O) groups is 2. The van der Waals surface area contributed by atoms with Crippen LogP contribution in [0.3, 0.4) is 0 Å². The van der Waals surface area contributed by atoms with Crippen LogP contribution in [-0.2, 0) is 32.0 Å². The average Bonchev–Trinajstić information content (AvgIpc) is 3.65. The molecule has 0 amide bonds. The lowest BCUT2D eigenvalue weighted by Crippen LogP contribution is -2.69. The first-order valence-corrected chi connectivity index (χ1v) is 18.8. The third kappa shape index (κ3) is 4.57. The fourth-order valence-corrected chi connectivity index (χ4v) is 11.8. The Morgan fingerprint density at radius 1 is 1.06 bits per heavy atom. The van der Waals surface area contributed by atoms with E-state index in [1.165, 1.54) is 32.9 Å². The van der Waals surface area contributed by atoms with Crippen LogP contribution < -0.4 is 29.0 Å². The number of rotatable bonds is 3. The molecule has 14 nitrogen and oxygen atoms in total. The Morgan fingerprint density at radius 3 is 2.56 bits per heavy atom. The van der Waals surface area contributed by atoms with Gasteiger partial charge in [0.25, 0.3) is 0 Å². The molecular weight excluding hydrogens is 717 g/mol. The number of phenolic OH excluding ortho intramolecular Hbond substituents is 2. The second kappa shape index (κ2) is 12.3. The number of cyclic esters (lactones) is 1. The number of fused-ring (bicyclic) bond motifs is 11. The normalized spacial score (nSPS) is 29.0. The molecule has 7 atom stereocenters. The van der Waals surface area contributed by atoms with Crippen LogP contribution in [0, 0.1) is 25.2 Å². The largest absolute Gasteiger partial charge is 0.504 e. The van der Waals surface area contributed by atoms with Gasteiger partial charge in [0.05, 0.1) is 37.6 Å². The summed E-state index contributed by atoms with van der Waals surface area (Å²) in [6, 6.07) is 5.03. The van der Waals surface area contributed by atoms with E-state index in [4.69, 9.17) is 28.4 Å². The van der Waals surface area contributed by atoms with Gasteiger partial charge in [0.1, 0.15) is 18.4 Å². The second-order valence-electron chi connectivity index (χ2n) is 14.7. The Hall–Kier alpha value is -4.88. The van der Waals surface area contributed by atoms with Crippen LogP contribution in [0.2, 0.25) is 0 Å². The van der Waals surface area contributed by atoms with Gasteiger partial charge in [-0.15, -0.1) is 11.8 Å². The molecule has 3 N–H and O–H groups in total. The number of nitrogens with zero attached hydrogens (tertiary/aromatic N) is 3. The predicted molar refractivity (Wildman–Crippen MR) is 193 cm³/mol. The van der Waals surface area contributed by atoms with E-state index >= 15 is 0 Å². The van der Waals surface area contributed by atoms with Crippen molar-refractivity contribution in [2.45, 2.75) is 73.9 Å². The first kappa shape index (κ1) is 34.9. The highest BCUT2D eigenvalue weighted by atomic mass is 32.2. The van der Waals surface area contributed by atoms with Gasteiger partial charge < -0.3 is 38.6 Å². The molecule has 1 fully saturated rings. The van der Waals surface area contributed by atoms with Crippen LogP contribution in [-0.4, -0.2) is 91.3 Å². The van der Waals surface area contributed by atoms with Crippen LogP contribution >= 0.6 is 11.8 Å². The zero-order chi connectivity index (χ0) is 38.0. The predicted octanol–water partition coefficient (Wildman–Crippen LogP) is 3.94. The number of esters is 2. The number of aromatic hydroxyl groups is 2. The van der Waals surface area contributed by atoms with Crippen molar-refractivity contribution in [1.82, 2.24) is 15.1 Å². The highest BCUT2D eigenvalue weighted by Crippen LogP contribution is 2.66. The number of likely N-dealkylation sites (N-methyl/N-ethyl adjacent to an activating group) is 1. The van der Waals surface area contributed by atoms with E-state index in [0.717, 1.165) is 16.7 Å². The van der Waals surface area contributed by atoms with E-state index in [-0.39, 0.29) is 42.4 Å². The summed E-state index contributed by atoms with van der Waals surface area (Å²) in [4.78, 5) is 30.6. The highest BCUT2D eigenvalue weighted by Gasteiger charge is 2.63. The van der Waals surface area contributed by atoms with Crippen molar-refractivity contribution in [3.05, 3.63) is 62.7 Å². The molecule has 3 aromatic rings. The Labute approximate surface area is 315 Å². The van der Waals surface area contributed by atoms with E-state index in [9.17, 15) is 25.1 Å². The number of nitriles is 1. The number of phenols is 2.